The number of carbonyl (C=O) groups is 1. The van der Waals surface area contributed by atoms with Crippen LogP contribution in [-0.4, -0.2) is 61.9 Å². The first-order chi connectivity index (χ1) is 15.4. The number of aromatic nitrogens is 4. The molecule has 3 aliphatic rings. The number of amides is 1. The van der Waals surface area contributed by atoms with E-state index in [4.69, 9.17) is 0 Å². The van der Waals surface area contributed by atoms with Gasteiger partial charge in [0.1, 0.15) is 11.2 Å². The maximum Gasteiger partial charge on any atom is 0.329 e. The van der Waals surface area contributed by atoms with Crippen LogP contribution in [0.15, 0.2) is 11.0 Å². The van der Waals surface area contributed by atoms with E-state index >= 15 is 0 Å². The van der Waals surface area contributed by atoms with Crippen LogP contribution in [0.1, 0.15) is 62.7 Å². The van der Waals surface area contributed by atoms with Crippen LogP contribution in [0.2, 0.25) is 0 Å². The van der Waals surface area contributed by atoms with Gasteiger partial charge < -0.3 is 9.88 Å². The Morgan fingerprint density at radius 1 is 1.00 bits per heavy atom. The van der Waals surface area contributed by atoms with E-state index in [2.05, 4.69) is 15.1 Å². The Balaban J connectivity index is 0.000000200. The van der Waals surface area contributed by atoms with Crippen LogP contribution in [0.5, 0.6) is 0 Å². The fourth-order valence-corrected chi connectivity index (χ4v) is 4.24. The summed E-state index contributed by atoms with van der Waals surface area (Å²) in [4.78, 5) is 29.8. The van der Waals surface area contributed by atoms with E-state index in [1.165, 1.54) is 6.20 Å². The van der Waals surface area contributed by atoms with E-state index in [-0.39, 0.29) is 30.9 Å². The second-order valence-electron chi connectivity index (χ2n) is 8.91. The summed E-state index contributed by atoms with van der Waals surface area (Å²) in [5.74, 6) is -9.69. The number of alkyl halides is 6. The summed E-state index contributed by atoms with van der Waals surface area (Å²) in [6.07, 6.45) is 5.22. The summed E-state index contributed by atoms with van der Waals surface area (Å²) >= 11 is 0. The van der Waals surface area contributed by atoms with Crippen molar-refractivity contribution in [2.75, 3.05) is 13.1 Å². The molecule has 0 unspecified atom stereocenters. The number of rotatable bonds is 3. The lowest BCUT2D eigenvalue weighted by molar-refractivity contribution is -0.172. The predicted octanol–water partition coefficient (Wildman–Crippen LogP) is 3.87. The van der Waals surface area contributed by atoms with Crippen molar-refractivity contribution in [3.63, 3.8) is 0 Å². The third kappa shape index (κ3) is 4.58. The molecule has 5 rings (SSSR count). The fraction of sp³-hybridized carbons (Fsp3) is 0.700. The number of halogens is 6. The van der Waals surface area contributed by atoms with Crippen LogP contribution in [-0.2, 0) is 4.79 Å². The summed E-state index contributed by atoms with van der Waals surface area (Å²) in [5, 5.41) is 4.71. The Morgan fingerprint density at radius 2 is 1.61 bits per heavy atom. The van der Waals surface area contributed by atoms with Crippen LogP contribution in [0.25, 0.3) is 11.0 Å². The van der Waals surface area contributed by atoms with Crippen LogP contribution in [0.4, 0.5) is 26.3 Å². The molecule has 7 nitrogen and oxygen atoms in total. The minimum absolute atomic E-state index is 0.00514. The Kier molecular flexibility index (Phi) is 5.94. The molecule has 0 atom stereocenters. The molecule has 1 aliphatic heterocycles. The van der Waals surface area contributed by atoms with Crippen molar-refractivity contribution in [3.05, 3.63) is 22.4 Å². The molecular weight excluding hydrogens is 456 g/mol. The van der Waals surface area contributed by atoms with Crippen LogP contribution < -0.4 is 5.56 Å². The molecular formula is C20H23F6N5O2. The summed E-state index contributed by atoms with van der Waals surface area (Å²) < 4.78 is 77.2. The van der Waals surface area contributed by atoms with E-state index in [1.54, 1.807) is 4.68 Å². The Labute approximate surface area is 184 Å². The van der Waals surface area contributed by atoms with Gasteiger partial charge in [0.2, 0.25) is 12.3 Å². The van der Waals surface area contributed by atoms with Gasteiger partial charge in [-0.3, -0.25) is 9.59 Å². The van der Waals surface area contributed by atoms with E-state index in [1.807, 2.05) is 0 Å². The minimum Gasteiger partial charge on any atom is -0.333 e. The molecule has 0 radical (unpaired) electrons. The molecule has 13 heteroatoms. The van der Waals surface area contributed by atoms with Gasteiger partial charge in [0.25, 0.3) is 5.56 Å². The standard InChI is InChI=1S/C15H18F2N4O.C5H5F4NO/c16-15(17)6-4-10(5-7-15)21-13-11(8-18-21)14(22)20-12(19-13)9-2-1-3-9;6-4(7)1-10(3-11)2-5(4,8)9/h8-10H,1-7H2,(H,19,20,22);3H,1-2H2. The first-order valence-corrected chi connectivity index (χ1v) is 10.7. The lowest BCUT2D eigenvalue weighted by atomic mass is 9.85. The van der Waals surface area contributed by atoms with Gasteiger partial charge in [0.05, 0.1) is 25.3 Å². The summed E-state index contributed by atoms with van der Waals surface area (Å²) in [5.41, 5.74) is 0.361. The average Bonchev–Trinajstić information content (AvgIpc) is 3.19. The Bertz CT molecular complexity index is 1050. The molecule has 182 valence electrons. The van der Waals surface area contributed by atoms with Crippen molar-refractivity contribution in [3.8, 4) is 0 Å². The normalized spacial score (nSPS) is 24.2. The Morgan fingerprint density at radius 3 is 2.09 bits per heavy atom. The number of likely N-dealkylation sites (tertiary alicyclic amines) is 1. The Hall–Kier alpha value is -2.60. The van der Waals surface area contributed by atoms with Gasteiger partial charge in [-0.15, -0.1) is 0 Å². The molecule has 3 heterocycles. The molecule has 1 N–H and O–H groups in total. The van der Waals surface area contributed by atoms with Gasteiger partial charge in [-0.05, 0) is 25.7 Å². The van der Waals surface area contributed by atoms with E-state index in [0.717, 1.165) is 19.3 Å². The number of H-pyrrole nitrogens is 1. The zero-order valence-corrected chi connectivity index (χ0v) is 17.5. The molecule has 2 aromatic rings. The molecule has 1 saturated heterocycles. The zero-order chi connectivity index (χ0) is 24.0. The maximum atomic E-state index is 13.3. The molecule has 0 aromatic carbocycles. The van der Waals surface area contributed by atoms with Crippen molar-refractivity contribution in [1.82, 2.24) is 24.6 Å². The molecule has 0 bridgehead atoms. The highest BCUT2D eigenvalue weighted by atomic mass is 19.3. The second kappa shape index (κ2) is 8.32. The van der Waals surface area contributed by atoms with Gasteiger partial charge in [0.15, 0.2) is 5.65 Å². The van der Waals surface area contributed by atoms with Crippen molar-refractivity contribution in [2.24, 2.45) is 0 Å². The molecule has 1 amide bonds. The number of aromatic amines is 1. The van der Waals surface area contributed by atoms with Crippen LogP contribution >= 0.6 is 0 Å². The molecule has 0 spiro atoms. The molecule has 3 fully saturated rings. The maximum absolute atomic E-state index is 13.3. The SMILES string of the molecule is O=CN1CC(F)(F)C(F)(F)C1.O=c1[nH]c(C2CCC2)nc2c1cnn2C1CCC(F)(F)CC1. The van der Waals surface area contributed by atoms with Gasteiger partial charge in [-0.1, -0.05) is 6.42 Å². The topological polar surface area (TPSA) is 83.9 Å². The number of nitrogens with one attached hydrogen (secondary N) is 1. The number of hydrogen-bond acceptors (Lipinski definition) is 4. The van der Waals surface area contributed by atoms with Gasteiger partial charge in [-0.25, -0.2) is 18.4 Å². The smallest absolute Gasteiger partial charge is 0.329 e. The first kappa shape index (κ1) is 23.6. The highest BCUT2D eigenvalue weighted by Gasteiger charge is 2.62. The van der Waals surface area contributed by atoms with Crippen LogP contribution in [0, 0.1) is 0 Å². The van der Waals surface area contributed by atoms with E-state index < -0.39 is 30.9 Å². The van der Waals surface area contributed by atoms with Gasteiger partial charge in [0, 0.05) is 18.8 Å². The first-order valence-electron chi connectivity index (χ1n) is 10.7. The van der Waals surface area contributed by atoms with Crippen molar-refractivity contribution in [2.45, 2.75) is 74.7 Å². The zero-order valence-electron chi connectivity index (χ0n) is 17.5. The predicted molar refractivity (Wildman–Crippen MR) is 105 cm³/mol. The third-order valence-electron chi connectivity index (χ3n) is 6.49. The lowest BCUT2D eigenvalue weighted by Gasteiger charge is -2.28. The van der Waals surface area contributed by atoms with Gasteiger partial charge >= 0.3 is 11.8 Å². The highest BCUT2D eigenvalue weighted by molar-refractivity contribution is 5.73. The number of nitrogens with zero attached hydrogens (tertiary/aromatic N) is 4. The largest absolute Gasteiger partial charge is 0.333 e. The minimum atomic E-state index is -4.08. The lowest BCUT2D eigenvalue weighted by Crippen LogP contribution is -2.38. The fourth-order valence-electron chi connectivity index (χ4n) is 4.24. The molecule has 2 saturated carbocycles. The third-order valence-corrected chi connectivity index (χ3v) is 6.49. The number of carbonyl (C=O) groups excluding carboxylic acids is 1. The van der Waals surface area contributed by atoms with Crippen molar-refractivity contribution in [1.29, 1.82) is 0 Å². The van der Waals surface area contributed by atoms with Crippen LogP contribution in [0.3, 0.4) is 0 Å². The average molecular weight is 479 g/mol. The number of fused-ring (bicyclic) bond motifs is 1. The summed E-state index contributed by atoms with van der Waals surface area (Å²) in [6.45, 7) is -2.38. The molecule has 2 aliphatic carbocycles. The monoisotopic (exact) mass is 479 g/mol. The van der Waals surface area contributed by atoms with Crippen molar-refractivity contribution < 1.29 is 31.1 Å². The van der Waals surface area contributed by atoms with E-state index in [9.17, 15) is 35.9 Å². The second-order valence-corrected chi connectivity index (χ2v) is 8.91. The summed E-state index contributed by atoms with van der Waals surface area (Å²) in [7, 11) is 0. The number of hydrogen-bond donors (Lipinski definition) is 1. The highest BCUT2D eigenvalue weighted by Crippen LogP contribution is 2.41. The van der Waals surface area contributed by atoms with Gasteiger partial charge in [-0.2, -0.15) is 22.7 Å². The van der Waals surface area contributed by atoms with Crippen molar-refractivity contribution >= 4 is 17.4 Å². The van der Waals surface area contributed by atoms with E-state index in [0.29, 0.717) is 40.5 Å². The quantitative estimate of drug-likeness (QED) is 0.535. The molecule has 33 heavy (non-hydrogen) atoms. The summed E-state index contributed by atoms with van der Waals surface area (Å²) in [6, 6.07) is -0.0966. The molecule has 2 aromatic heterocycles.